The number of benzene rings is 1. The van der Waals surface area contributed by atoms with Crippen molar-refractivity contribution < 1.29 is 8.78 Å². The lowest BCUT2D eigenvalue weighted by Gasteiger charge is -2.03. The Morgan fingerprint density at radius 3 is 2.68 bits per heavy atom. The van der Waals surface area contributed by atoms with Gasteiger partial charge in [0.25, 0.3) is 6.43 Å². The largest absolute Gasteiger partial charge is 0.337 e. The van der Waals surface area contributed by atoms with Gasteiger partial charge >= 0.3 is 0 Å². The van der Waals surface area contributed by atoms with Crippen LogP contribution in [0.5, 0.6) is 0 Å². The van der Waals surface area contributed by atoms with Crippen molar-refractivity contribution in [3.63, 3.8) is 0 Å². The number of rotatable bonds is 3. The SMILES string of the molecule is Cn1cc(-c2ccc3nc(C(F)F)ccc3c2)nc1C1CC1. The first-order valence-corrected chi connectivity index (χ1v) is 7.34. The van der Waals surface area contributed by atoms with Crippen LogP contribution >= 0.6 is 0 Å². The molecule has 2 aromatic heterocycles. The standard InChI is InChI=1S/C17H15F2N3/c1-22-9-15(21-17(22)10-2-3-10)12-4-6-13-11(8-12)5-7-14(20-13)16(18)19/h4-10,16H,2-3H2,1H3. The van der Waals surface area contributed by atoms with Crippen molar-refractivity contribution in [3.05, 3.63) is 48.0 Å². The molecule has 0 aliphatic heterocycles. The number of halogens is 2. The van der Waals surface area contributed by atoms with Crippen LogP contribution in [-0.2, 0) is 7.05 Å². The number of aryl methyl sites for hydroxylation is 1. The van der Waals surface area contributed by atoms with Gasteiger partial charge in [-0.2, -0.15) is 0 Å². The molecule has 2 heterocycles. The monoisotopic (exact) mass is 299 g/mol. The first kappa shape index (κ1) is 13.4. The summed E-state index contributed by atoms with van der Waals surface area (Å²) in [6, 6.07) is 8.70. The van der Waals surface area contributed by atoms with Gasteiger partial charge in [0.2, 0.25) is 0 Å². The van der Waals surface area contributed by atoms with Gasteiger partial charge in [-0.15, -0.1) is 0 Å². The maximum absolute atomic E-state index is 12.7. The summed E-state index contributed by atoms with van der Waals surface area (Å²) in [5.74, 6) is 1.72. The van der Waals surface area contributed by atoms with Crippen LogP contribution in [-0.4, -0.2) is 14.5 Å². The molecular weight excluding hydrogens is 284 g/mol. The molecule has 1 saturated carbocycles. The van der Waals surface area contributed by atoms with Crippen LogP contribution in [0.15, 0.2) is 36.5 Å². The Balaban J connectivity index is 1.76. The molecular formula is C17H15F2N3. The average molecular weight is 299 g/mol. The van der Waals surface area contributed by atoms with Crippen molar-refractivity contribution in [3.8, 4) is 11.3 Å². The topological polar surface area (TPSA) is 30.7 Å². The fourth-order valence-corrected chi connectivity index (χ4v) is 2.76. The molecule has 0 radical (unpaired) electrons. The predicted octanol–water partition coefficient (Wildman–Crippen LogP) is 4.45. The summed E-state index contributed by atoms with van der Waals surface area (Å²) in [4.78, 5) is 8.71. The highest BCUT2D eigenvalue weighted by molar-refractivity contribution is 5.83. The Kier molecular flexibility index (Phi) is 2.96. The van der Waals surface area contributed by atoms with Crippen molar-refractivity contribution in [2.45, 2.75) is 25.2 Å². The second-order valence-corrected chi connectivity index (χ2v) is 5.81. The van der Waals surface area contributed by atoms with Gasteiger partial charge in [-0.3, -0.25) is 0 Å². The van der Waals surface area contributed by atoms with Gasteiger partial charge in [0.05, 0.1) is 11.2 Å². The highest BCUT2D eigenvalue weighted by Crippen LogP contribution is 2.40. The molecule has 0 spiro atoms. The summed E-state index contributed by atoms with van der Waals surface area (Å²) in [6.07, 6.45) is 1.90. The summed E-state index contributed by atoms with van der Waals surface area (Å²) in [5.41, 5.74) is 2.31. The third kappa shape index (κ3) is 2.26. The molecule has 5 heteroatoms. The second kappa shape index (κ2) is 4.87. The zero-order chi connectivity index (χ0) is 15.3. The molecule has 0 unspecified atom stereocenters. The van der Waals surface area contributed by atoms with E-state index in [1.807, 2.05) is 25.4 Å². The summed E-state index contributed by atoms with van der Waals surface area (Å²) in [6.45, 7) is 0. The fraction of sp³-hybridized carbons (Fsp3) is 0.294. The lowest BCUT2D eigenvalue weighted by atomic mass is 10.1. The number of pyridine rings is 1. The van der Waals surface area contributed by atoms with Crippen LogP contribution in [0.2, 0.25) is 0 Å². The smallest absolute Gasteiger partial charge is 0.280 e. The number of fused-ring (bicyclic) bond motifs is 1. The lowest BCUT2D eigenvalue weighted by molar-refractivity contribution is 0.146. The average Bonchev–Trinajstić information content (AvgIpc) is 3.28. The zero-order valence-corrected chi connectivity index (χ0v) is 12.1. The van der Waals surface area contributed by atoms with Gasteiger partial charge in [0.15, 0.2) is 0 Å². The second-order valence-electron chi connectivity index (χ2n) is 5.81. The number of nitrogens with zero attached hydrogens (tertiary/aromatic N) is 3. The van der Waals surface area contributed by atoms with E-state index < -0.39 is 6.43 Å². The molecule has 0 bridgehead atoms. The van der Waals surface area contributed by atoms with E-state index in [9.17, 15) is 8.78 Å². The molecule has 112 valence electrons. The minimum Gasteiger partial charge on any atom is -0.337 e. The Bertz CT molecular complexity index is 850. The van der Waals surface area contributed by atoms with Crippen LogP contribution in [0.1, 0.15) is 36.7 Å². The number of alkyl halides is 2. The highest BCUT2D eigenvalue weighted by Gasteiger charge is 2.28. The van der Waals surface area contributed by atoms with Gasteiger partial charge in [-0.25, -0.2) is 18.7 Å². The first-order chi connectivity index (χ1) is 10.6. The molecule has 1 fully saturated rings. The molecule has 22 heavy (non-hydrogen) atoms. The van der Waals surface area contributed by atoms with E-state index in [0.29, 0.717) is 11.4 Å². The normalized spacial score (nSPS) is 14.9. The summed E-state index contributed by atoms with van der Waals surface area (Å²) < 4.78 is 27.5. The maximum Gasteiger partial charge on any atom is 0.280 e. The summed E-state index contributed by atoms with van der Waals surface area (Å²) in [5, 5.41) is 0.848. The molecule has 0 atom stereocenters. The molecule has 3 nitrogen and oxygen atoms in total. The minimum absolute atomic E-state index is 0.186. The van der Waals surface area contributed by atoms with Crippen LogP contribution in [0.4, 0.5) is 8.78 Å². The van der Waals surface area contributed by atoms with Gasteiger partial charge in [0.1, 0.15) is 11.5 Å². The highest BCUT2D eigenvalue weighted by atomic mass is 19.3. The number of hydrogen-bond acceptors (Lipinski definition) is 2. The molecule has 0 N–H and O–H groups in total. The van der Waals surface area contributed by atoms with E-state index in [2.05, 4.69) is 9.55 Å². The van der Waals surface area contributed by atoms with E-state index in [0.717, 1.165) is 22.5 Å². The van der Waals surface area contributed by atoms with E-state index in [4.69, 9.17) is 4.98 Å². The third-order valence-electron chi connectivity index (χ3n) is 4.08. The Morgan fingerprint density at radius 2 is 1.95 bits per heavy atom. The van der Waals surface area contributed by atoms with Gasteiger partial charge in [0, 0.05) is 30.1 Å². The molecule has 1 aromatic carbocycles. The quantitative estimate of drug-likeness (QED) is 0.715. The Labute approximate surface area is 126 Å². The molecule has 0 saturated heterocycles. The lowest BCUT2D eigenvalue weighted by Crippen LogP contribution is -1.93. The van der Waals surface area contributed by atoms with Gasteiger partial charge in [-0.05, 0) is 31.0 Å². The third-order valence-corrected chi connectivity index (χ3v) is 4.08. The number of aromatic nitrogens is 3. The predicted molar refractivity (Wildman–Crippen MR) is 80.9 cm³/mol. The molecule has 0 amide bonds. The Morgan fingerprint density at radius 1 is 1.14 bits per heavy atom. The van der Waals surface area contributed by atoms with Crippen LogP contribution in [0.25, 0.3) is 22.2 Å². The number of hydrogen-bond donors (Lipinski definition) is 0. The van der Waals surface area contributed by atoms with Crippen molar-refractivity contribution in [1.82, 2.24) is 14.5 Å². The zero-order valence-electron chi connectivity index (χ0n) is 12.1. The van der Waals surface area contributed by atoms with E-state index >= 15 is 0 Å². The van der Waals surface area contributed by atoms with Crippen molar-refractivity contribution >= 4 is 10.9 Å². The van der Waals surface area contributed by atoms with Gasteiger partial charge < -0.3 is 4.57 Å². The van der Waals surface area contributed by atoms with Crippen molar-refractivity contribution in [2.75, 3.05) is 0 Å². The fourth-order valence-electron chi connectivity index (χ4n) is 2.76. The van der Waals surface area contributed by atoms with E-state index in [-0.39, 0.29) is 5.69 Å². The first-order valence-electron chi connectivity index (χ1n) is 7.34. The number of imidazole rings is 1. The van der Waals surface area contributed by atoms with Crippen LogP contribution in [0.3, 0.4) is 0 Å². The molecule has 4 rings (SSSR count). The summed E-state index contributed by atoms with van der Waals surface area (Å²) >= 11 is 0. The van der Waals surface area contributed by atoms with Crippen molar-refractivity contribution in [2.24, 2.45) is 7.05 Å². The van der Waals surface area contributed by atoms with Crippen molar-refractivity contribution in [1.29, 1.82) is 0 Å². The van der Waals surface area contributed by atoms with E-state index in [1.54, 1.807) is 12.1 Å². The molecule has 3 aromatic rings. The van der Waals surface area contributed by atoms with Crippen LogP contribution < -0.4 is 0 Å². The Hall–Kier alpha value is -2.30. The van der Waals surface area contributed by atoms with E-state index in [1.165, 1.54) is 18.9 Å². The van der Waals surface area contributed by atoms with Gasteiger partial charge in [-0.1, -0.05) is 12.1 Å². The molecule has 1 aliphatic rings. The molecule has 1 aliphatic carbocycles. The minimum atomic E-state index is -2.54. The maximum atomic E-state index is 12.7. The van der Waals surface area contributed by atoms with Crippen LogP contribution in [0, 0.1) is 0 Å². The summed E-state index contributed by atoms with van der Waals surface area (Å²) in [7, 11) is 2.02.